The lowest BCUT2D eigenvalue weighted by molar-refractivity contribution is -0.137. The van der Waals surface area contributed by atoms with E-state index in [4.69, 9.17) is 4.84 Å². The van der Waals surface area contributed by atoms with Gasteiger partial charge in [-0.1, -0.05) is 18.2 Å². The van der Waals surface area contributed by atoms with Gasteiger partial charge >= 0.3 is 6.18 Å². The summed E-state index contributed by atoms with van der Waals surface area (Å²) in [7, 11) is 2.81. The van der Waals surface area contributed by atoms with E-state index in [1.165, 1.54) is 26.3 Å². The molecule has 1 amide bonds. The van der Waals surface area contributed by atoms with E-state index in [-0.39, 0.29) is 5.69 Å². The van der Waals surface area contributed by atoms with Crippen LogP contribution in [0.15, 0.2) is 42.5 Å². The molecule has 128 valence electrons. The predicted octanol–water partition coefficient (Wildman–Crippen LogP) is 4.39. The van der Waals surface area contributed by atoms with Gasteiger partial charge in [-0.3, -0.25) is 9.63 Å². The number of nitrogens with zero attached hydrogens (tertiary/aromatic N) is 1. The number of hydrogen-bond acceptors (Lipinski definition) is 3. The van der Waals surface area contributed by atoms with Crippen LogP contribution in [-0.4, -0.2) is 25.1 Å². The largest absolute Gasteiger partial charge is 0.416 e. The first-order valence-corrected chi connectivity index (χ1v) is 7.10. The van der Waals surface area contributed by atoms with Crippen molar-refractivity contribution in [3.8, 4) is 0 Å². The van der Waals surface area contributed by atoms with E-state index in [0.717, 1.165) is 22.8 Å². The Morgan fingerprint density at radius 2 is 1.83 bits per heavy atom. The average molecular weight is 338 g/mol. The number of para-hydroxylation sites is 1. The van der Waals surface area contributed by atoms with Crippen molar-refractivity contribution in [3.63, 3.8) is 0 Å². The fourth-order valence-electron chi connectivity index (χ4n) is 2.18. The third kappa shape index (κ3) is 3.86. The number of amides is 1. The second-order valence-electron chi connectivity index (χ2n) is 5.19. The van der Waals surface area contributed by atoms with Crippen molar-refractivity contribution in [2.75, 3.05) is 19.5 Å². The molecule has 0 radical (unpaired) electrons. The predicted molar refractivity (Wildman–Crippen MR) is 85.0 cm³/mol. The van der Waals surface area contributed by atoms with Gasteiger partial charge in [-0.05, 0) is 36.8 Å². The molecular formula is C17H17F3N2O2. The molecule has 0 saturated heterocycles. The summed E-state index contributed by atoms with van der Waals surface area (Å²) in [6.45, 7) is 1.76. The van der Waals surface area contributed by atoms with Crippen molar-refractivity contribution >= 4 is 17.3 Å². The number of nitrogens with one attached hydrogen (secondary N) is 1. The van der Waals surface area contributed by atoms with E-state index in [0.29, 0.717) is 11.3 Å². The quantitative estimate of drug-likeness (QED) is 0.841. The Labute approximate surface area is 137 Å². The van der Waals surface area contributed by atoms with Crippen LogP contribution in [0.2, 0.25) is 0 Å². The van der Waals surface area contributed by atoms with Crippen molar-refractivity contribution in [1.82, 2.24) is 5.06 Å². The third-order valence-corrected chi connectivity index (χ3v) is 3.52. The molecule has 1 N–H and O–H groups in total. The molecule has 2 aromatic rings. The van der Waals surface area contributed by atoms with Gasteiger partial charge in [0.25, 0.3) is 5.91 Å². The number of hydroxylamine groups is 2. The number of carbonyl (C=O) groups is 1. The topological polar surface area (TPSA) is 41.6 Å². The highest BCUT2D eigenvalue weighted by Crippen LogP contribution is 2.32. The summed E-state index contributed by atoms with van der Waals surface area (Å²) in [6, 6.07) is 9.86. The number of benzene rings is 2. The Hall–Kier alpha value is -2.54. The summed E-state index contributed by atoms with van der Waals surface area (Å²) in [5.41, 5.74) is 0.946. The van der Waals surface area contributed by atoms with E-state index in [1.54, 1.807) is 25.1 Å². The first kappa shape index (κ1) is 17.8. The number of alkyl halides is 3. The van der Waals surface area contributed by atoms with Crippen molar-refractivity contribution in [2.24, 2.45) is 0 Å². The zero-order valence-electron chi connectivity index (χ0n) is 13.4. The lowest BCUT2D eigenvalue weighted by Gasteiger charge is -2.19. The van der Waals surface area contributed by atoms with Gasteiger partial charge in [0, 0.05) is 12.7 Å². The highest BCUT2D eigenvalue weighted by atomic mass is 19.4. The molecule has 0 saturated carbocycles. The molecule has 7 heteroatoms. The summed E-state index contributed by atoms with van der Waals surface area (Å²) < 4.78 is 38.5. The van der Waals surface area contributed by atoms with Gasteiger partial charge in [0.1, 0.15) is 0 Å². The molecule has 0 aliphatic heterocycles. The van der Waals surface area contributed by atoms with Crippen LogP contribution < -0.4 is 5.32 Å². The maximum absolute atomic E-state index is 12.8. The van der Waals surface area contributed by atoms with E-state index in [9.17, 15) is 18.0 Å². The second kappa shape index (κ2) is 6.92. The molecule has 4 nitrogen and oxygen atoms in total. The van der Waals surface area contributed by atoms with Crippen molar-refractivity contribution < 1.29 is 22.8 Å². The number of aryl methyl sites for hydroxylation is 1. The van der Waals surface area contributed by atoms with E-state index >= 15 is 0 Å². The summed E-state index contributed by atoms with van der Waals surface area (Å²) in [6.07, 6.45) is -4.43. The molecule has 0 aliphatic carbocycles. The molecule has 0 unspecified atom stereocenters. The zero-order chi connectivity index (χ0) is 17.9. The lowest BCUT2D eigenvalue weighted by atomic mass is 10.1. The fraction of sp³-hybridized carbons (Fsp3) is 0.235. The van der Waals surface area contributed by atoms with Gasteiger partial charge in [-0.15, -0.1) is 0 Å². The Bertz CT molecular complexity index is 745. The summed E-state index contributed by atoms with van der Waals surface area (Å²) >= 11 is 0. The maximum atomic E-state index is 12.8. The molecule has 0 spiro atoms. The smallest absolute Gasteiger partial charge is 0.355 e. The van der Waals surface area contributed by atoms with E-state index in [2.05, 4.69) is 5.32 Å². The highest BCUT2D eigenvalue weighted by Gasteiger charge is 2.30. The first-order valence-electron chi connectivity index (χ1n) is 7.10. The summed E-state index contributed by atoms with van der Waals surface area (Å²) in [5, 5.41) is 3.96. The molecular weight excluding hydrogens is 321 g/mol. The minimum atomic E-state index is -4.43. The van der Waals surface area contributed by atoms with Crippen molar-refractivity contribution in [1.29, 1.82) is 0 Å². The van der Waals surface area contributed by atoms with Gasteiger partial charge in [-0.25, -0.2) is 5.06 Å². The van der Waals surface area contributed by atoms with Gasteiger partial charge in [-0.2, -0.15) is 13.2 Å². The molecule has 2 rings (SSSR count). The first-order chi connectivity index (χ1) is 11.2. The molecule has 0 heterocycles. The number of halogens is 3. The van der Waals surface area contributed by atoms with Crippen molar-refractivity contribution in [2.45, 2.75) is 13.1 Å². The van der Waals surface area contributed by atoms with Crippen LogP contribution in [0.3, 0.4) is 0 Å². The Kier molecular flexibility index (Phi) is 5.14. The molecule has 0 bridgehead atoms. The van der Waals surface area contributed by atoms with Gasteiger partial charge in [0.2, 0.25) is 0 Å². The number of hydrogen-bond donors (Lipinski definition) is 1. The summed E-state index contributed by atoms with van der Waals surface area (Å²) in [4.78, 5) is 17.2. The standard InChI is InChI=1S/C17H17F3N2O2/c1-11-6-4-9-14(16(23)22(2)24-3)15(11)21-13-8-5-7-12(10-13)17(18,19)20/h4-10,21H,1-3H3. The Morgan fingerprint density at radius 1 is 1.17 bits per heavy atom. The average Bonchev–Trinajstić information content (AvgIpc) is 2.55. The Balaban J connectivity index is 2.42. The molecule has 0 aromatic heterocycles. The number of rotatable bonds is 4. The van der Waals surface area contributed by atoms with Gasteiger partial charge in [0.15, 0.2) is 0 Å². The van der Waals surface area contributed by atoms with Crippen LogP contribution in [-0.2, 0) is 11.0 Å². The lowest BCUT2D eigenvalue weighted by Crippen LogP contribution is -2.26. The zero-order valence-corrected chi connectivity index (χ0v) is 13.4. The van der Waals surface area contributed by atoms with Crippen LogP contribution in [0.1, 0.15) is 21.5 Å². The second-order valence-corrected chi connectivity index (χ2v) is 5.19. The van der Waals surface area contributed by atoms with Crippen LogP contribution in [0.5, 0.6) is 0 Å². The molecule has 0 fully saturated rings. The minimum Gasteiger partial charge on any atom is -0.355 e. The third-order valence-electron chi connectivity index (χ3n) is 3.52. The highest BCUT2D eigenvalue weighted by molar-refractivity contribution is 6.00. The maximum Gasteiger partial charge on any atom is 0.416 e. The minimum absolute atomic E-state index is 0.244. The van der Waals surface area contributed by atoms with Gasteiger partial charge < -0.3 is 5.32 Å². The van der Waals surface area contributed by atoms with E-state index in [1.807, 2.05) is 0 Å². The molecule has 0 aliphatic rings. The van der Waals surface area contributed by atoms with Crippen LogP contribution in [0.25, 0.3) is 0 Å². The van der Waals surface area contributed by atoms with E-state index < -0.39 is 17.6 Å². The van der Waals surface area contributed by atoms with Crippen LogP contribution >= 0.6 is 0 Å². The van der Waals surface area contributed by atoms with Crippen LogP contribution in [0, 0.1) is 6.92 Å². The fourth-order valence-corrected chi connectivity index (χ4v) is 2.18. The number of carbonyl (C=O) groups excluding carboxylic acids is 1. The molecule has 0 atom stereocenters. The normalized spacial score (nSPS) is 11.2. The van der Waals surface area contributed by atoms with Crippen LogP contribution in [0.4, 0.5) is 24.5 Å². The Morgan fingerprint density at radius 3 is 2.46 bits per heavy atom. The van der Waals surface area contributed by atoms with Gasteiger partial charge in [0.05, 0.1) is 23.9 Å². The SMILES string of the molecule is CON(C)C(=O)c1cccc(C)c1Nc1cccc(C(F)(F)F)c1. The molecule has 2 aromatic carbocycles. The molecule has 24 heavy (non-hydrogen) atoms. The monoisotopic (exact) mass is 338 g/mol. The van der Waals surface area contributed by atoms with Crippen molar-refractivity contribution in [3.05, 3.63) is 59.2 Å². The number of anilines is 2. The summed E-state index contributed by atoms with van der Waals surface area (Å²) in [5.74, 6) is -0.407.